The van der Waals surface area contributed by atoms with Crippen LogP contribution in [0, 0.1) is 6.92 Å². The van der Waals surface area contributed by atoms with Gasteiger partial charge in [0, 0.05) is 49.4 Å². The summed E-state index contributed by atoms with van der Waals surface area (Å²) in [6.07, 6.45) is -1.53. The standard InChI is InChI=1S/C27H35N7O9.ClH/c1-13-11-24(39)43-20-12-15(3-4-16(13)20)32-25(40)18(6-9-22(29)37)33-27(42)19(7-10-23(30)38)34-26(41)17(31-14(2)35)5-8-21(28)36;/h3-4,11-12,17-19H,5-10H2,1-2H3,(H2,28,36)(H2,29,37)(H2,30,38)(H,31,35)(H,32,40)(H,33,42)(H,34,41);1H/t17-,18-,19-;/m0./s1. The summed E-state index contributed by atoms with van der Waals surface area (Å²) in [7, 11) is 0. The average molecular weight is 638 g/mol. The Kier molecular flexibility index (Phi) is 14.5. The van der Waals surface area contributed by atoms with E-state index in [9.17, 15) is 38.4 Å². The maximum atomic E-state index is 13.3. The van der Waals surface area contributed by atoms with E-state index < -0.39 is 65.1 Å². The van der Waals surface area contributed by atoms with Crippen molar-refractivity contribution < 1.29 is 38.0 Å². The number of hydrogen-bond donors (Lipinski definition) is 7. The Labute approximate surface area is 257 Å². The molecule has 0 spiro atoms. The molecule has 2 aromatic rings. The molecule has 0 aliphatic heterocycles. The molecule has 0 fully saturated rings. The number of rotatable bonds is 16. The van der Waals surface area contributed by atoms with Crippen molar-refractivity contribution in [3.8, 4) is 0 Å². The minimum absolute atomic E-state index is 0. The largest absolute Gasteiger partial charge is 0.423 e. The van der Waals surface area contributed by atoms with Crippen LogP contribution in [0.1, 0.15) is 51.0 Å². The third kappa shape index (κ3) is 12.1. The molecule has 16 nitrogen and oxygen atoms in total. The summed E-state index contributed by atoms with van der Waals surface area (Å²) >= 11 is 0. The molecule has 17 heteroatoms. The van der Waals surface area contributed by atoms with Gasteiger partial charge < -0.3 is 42.9 Å². The van der Waals surface area contributed by atoms with E-state index in [2.05, 4.69) is 21.3 Å². The molecule has 1 aromatic heterocycles. The SMILES string of the molecule is CC(=O)N[C@@H](CCC(N)=O)C(=O)N[C@@H](CCC(N)=O)C(=O)N[C@@H](CCC(N)=O)C(=O)Nc1ccc2c(C)cc(=O)oc2c1.Cl. The van der Waals surface area contributed by atoms with Gasteiger partial charge in [-0.15, -0.1) is 12.4 Å². The summed E-state index contributed by atoms with van der Waals surface area (Å²) < 4.78 is 5.19. The third-order valence-electron chi connectivity index (χ3n) is 6.22. The van der Waals surface area contributed by atoms with Gasteiger partial charge in [-0.3, -0.25) is 33.6 Å². The van der Waals surface area contributed by atoms with Gasteiger partial charge in [0.25, 0.3) is 0 Å². The Bertz CT molecular complexity index is 1480. The fourth-order valence-electron chi connectivity index (χ4n) is 4.09. The lowest BCUT2D eigenvalue weighted by Crippen LogP contribution is -2.56. The summed E-state index contributed by atoms with van der Waals surface area (Å²) in [6, 6.07) is 1.92. The molecular formula is C27H36ClN7O9. The zero-order valence-corrected chi connectivity index (χ0v) is 24.9. The minimum Gasteiger partial charge on any atom is -0.423 e. The van der Waals surface area contributed by atoms with Crippen LogP contribution in [0.3, 0.4) is 0 Å². The number of aryl methyl sites for hydroxylation is 1. The molecular weight excluding hydrogens is 602 g/mol. The summed E-state index contributed by atoms with van der Waals surface area (Å²) in [4.78, 5) is 96.9. The molecule has 0 saturated carbocycles. The van der Waals surface area contributed by atoms with Gasteiger partial charge in [0.15, 0.2) is 0 Å². The third-order valence-corrected chi connectivity index (χ3v) is 6.22. The quantitative estimate of drug-likeness (QED) is 0.108. The first-order valence-corrected chi connectivity index (χ1v) is 13.2. The van der Waals surface area contributed by atoms with E-state index in [-0.39, 0.29) is 62.2 Å². The van der Waals surface area contributed by atoms with Crippen LogP contribution < -0.4 is 44.1 Å². The van der Waals surface area contributed by atoms with Crippen molar-refractivity contribution in [1.29, 1.82) is 0 Å². The normalized spacial score (nSPS) is 12.5. The molecule has 0 radical (unpaired) electrons. The highest BCUT2D eigenvalue weighted by Gasteiger charge is 2.30. The first-order valence-electron chi connectivity index (χ1n) is 13.2. The van der Waals surface area contributed by atoms with Crippen molar-refractivity contribution >= 4 is 70.4 Å². The predicted octanol–water partition coefficient (Wildman–Crippen LogP) is -1.27. The second kappa shape index (κ2) is 17.2. The second-order valence-electron chi connectivity index (χ2n) is 9.84. The molecule has 1 aromatic carbocycles. The molecule has 0 saturated heterocycles. The zero-order chi connectivity index (χ0) is 32.3. The van der Waals surface area contributed by atoms with E-state index in [1.54, 1.807) is 19.1 Å². The zero-order valence-electron chi connectivity index (χ0n) is 24.1. The number of hydrogen-bond acceptors (Lipinski definition) is 9. The highest BCUT2D eigenvalue weighted by molar-refractivity contribution is 6.00. The van der Waals surface area contributed by atoms with E-state index in [4.69, 9.17) is 21.6 Å². The van der Waals surface area contributed by atoms with Gasteiger partial charge in [0.05, 0.1) is 0 Å². The van der Waals surface area contributed by atoms with Crippen LogP contribution in [0.15, 0.2) is 33.5 Å². The lowest BCUT2D eigenvalue weighted by Gasteiger charge is -2.25. The van der Waals surface area contributed by atoms with Crippen LogP contribution >= 0.6 is 12.4 Å². The number of nitrogens with two attached hydrogens (primary N) is 3. The molecule has 7 amide bonds. The average Bonchev–Trinajstić information content (AvgIpc) is 2.90. The van der Waals surface area contributed by atoms with Crippen molar-refractivity contribution in [3.63, 3.8) is 0 Å². The summed E-state index contributed by atoms with van der Waals surface area (Å²) in [6.45, 7) is 2.87. The first kappa shape index (κ1) is 37.0. The number of carbonyl (C=O) groups is 7. The maximum absolute atomic E-state index is 13.3. The van der Waals surface area contributed by atoms with Gasteiger partial charge in [0.1, 0.15) is 23.7 Å². The Morgan fingerprint density at radius 2 is 1.18 bits per heavy atom. The number of amides is 7. The predicted molar refractivity (Wildman–Crippen MR) is 160 cm³/mol. The number of anilines is 1. The smallest absolute Gasteiger partial charge is 0.336 e. The van der Waals surface area contributed by atoms with Gasteiger partial charge in [-0.25, -0.2) is 4.79 Å². The van der Waals surface area contributed by atoms with E-state index in [1.165, 1.54) is 12.1 Å². The molecule has 0 unspecified atom stereocenters. The summed E-state index contributed by atoms with van der Waals surface area (Å²) in [5.41, 5.74) is 16.1. The van der Waals surface area contributed by atoms with Crippen molar-refractivity contribution in [2.24, 2.45) is 17.2 Å². The monoisotopic (exact) mass is 637 g/mol. The Balaban J connectivity index is 0.00000968. The van der Waals surface area contributed by atoms with E-state index in [0.29, 0.717) is 10.9 Å². The molecule has 1 heterocycles. The molecule has 0 bridgehead atoms. The molecule has 0 aliphatic rings. The Morgan fingerprint density at radius 1 is 0.727 bits per heavy atom. The number of fused-ring (bicyclic) bond motifs is 1. The van der Waals surface area contributed by atoms with Gasteiger partial charge in [-0.1, -0.05) is 0 Å². The molecule has 0 aliphatic carbocycles. The fourth-order valence-corrected chi connectivity index (χ4v) is 4.09. The number of carbonyl (C=O) groups excluding carboxylic acids is 7. The van der Waals surface area contributed by atoms with Crippen molar-refractivity contribution in [3.05, 3.63) is 40.2 Å². The van der Waals surface area contributed by atoms with E-state index in [0.717, 1.165) is 6.92 Å². The Hall–Kier alpha value is -4.99. The van der Waals surface area contributed by atoms with Crippen molar-refractivity contribution in [2.45, 2.75) is 70.5 Å². The minimum atomic E-state index is -1.41. The topological polar surface area (TPSA) is 276 Å². The molecule has 44 heavy (non-hydrogen) atoms. The maximum Gasteiger partial charge on any atom is 0.336 e. The number of primary amides is 3. The fraction of sp³-hybridized carbons (Fsp3) is 0.407. The van der Waals surface area contributed by atoms with Crippen LogP contribution in [-0.2, 0) is 33.6 Å². The van der Waals surface area contributed by atoms with Crippen molar-refractivity contribution in [2.75, 3.05) is 5.32 Å². The van der Waals surface area contributed by atoms with Gasteiger partial charge in [0.2, 0.25) is 41.4 Å². The van der Waals surface area contributed by atoms with Crippen LogP contribution in [0.4, 0.5) is 5.69 Å². The highest BCUT2D eigenvalue weighted by atomic mass is 35.5. The number of nitrogens with one attached hydrogen (secondary N) is 4. The summed E-state index contributed by atoms with van der Waals surface area (Å²) in [5.74, 6) is -5.36. The number of halogens is 1. The first-order chi connectivity index (χ1) is 20.2. The van der Waals surface area contributed by atoms with E-state index >= 15 is 0 Å². The second-order valence-corrected chi connectivity index (χ2v) is 9.84. The van der Waals surface area contributed by atoms with Crippen LogP contribution in [-0.4, -0.2) is 59.5 Å². The van der Waals surface area contributed by atoms with Crippen LogP contribution in [0.5, 0.6) is 0 Å². The Morgan fingerprint density at radius 3 is 1.64 bits per heavy atom. The molecule has 240 valence electrons. The highest BCUT2D eigenvalue weighted by Crippen LogP contribution is 2.21. The molecule has 10 N–H and O–H groups in total. The lowest BCUT2D eigenvalue weighted by atomic mass is 10.0. The van der Waals surface area contributed by atoms with Gasteiger partial charge >= 0.3 is 5.63 Å². The number of benzene rings is 1. The van der Waals surface area contributed by atoms with Crippen LogP contribution in [0.2, 0.25) is 0 Å². The van der Waals surface area contributed by atoms with Crippen molar-refractivity contribution in [1.82, 2.24) is 16.0 Å². The van der Waals surface area contributed by atoms with Gasteiger partial charge in [-0.2, -0.15) is 0 Å². The lowest BCUT2D eigenvalue weighted by molar-refractivity contribution is -0.133. The van der Waals surface area contributed by atoms with Crippen LogP contribution in [0.25, 0.3) is 11.0 Å². The molecule has 3 atom stereocenters. The van der Waals surface area contributed by atoms with Gasteiger partial charge in [-0.05, 0) is 43.9 Å². The summed E-state index contributed by atoms with van der Waals surface area (Å²) in [5, 5.41) is 10.4. The molecule has 2 rings (SSSR count). The van der Waals surface area contributed by atoms with E-state index in [1.807, 2.05) is 0 Å².